The van der Waals surface area contributed by atoms with E-state index in [1.54, 1.807) is 13.8 Å². The molecule has 2 aromatic carbocycles. The average Bonchev–Trinajstić information content (AvgIpc) is 3.02. The van der Waals surface area contributed by atoms with E-state index < -0.39 is 17.3 Å². The van der Waals surface area contributed by atoms with Crippen LogP contribution in [0, 0.1) is 6.92 Å². The molecule has 3 nitrogen and oxygen atoms in total. The van der Waals surface area contributed by atoms with Crippen molar-refractivity contribution in [3.05, 3.63) is 82.5 Å². The molecule has 0 bridgehead atoms. The molecule has 1 aliphatic heterocycles. The number of anilines is 1. The Hall–Kier alpha value is -2.86. The molecule has 1 aromatic heterocycles. The molecule has 1 N–H and O–H groups in total. The Morgan fingerprint density at radius 3 is 2.25 bits per heavy atom. The fraction of sp³-hybridized carbons (Fsp3) is 0.346. The summed E-state index contributed by atoms with van der Waals surface area (Å²) in [4.78, 5) is 7.00. The molecule has 32 heavy (non-hydrogen) atoms. The van der Waals surface area contributed by atoms with Crippen LogP contribution in [0.15, 0.2) is 54.6 Å². The van der Waals surface area contributed by atoms with Gasteiger partial charge in [0, 0.05) is 29.5 Å². The number of halogens is 3. The Labute approximate surface area is 186 Å². The smallest absolute Gasteiger partial charge is 0.386 e. The van der Waals surface area contributed by atoms with Gasteiger partial charge >= 0.3 is 6.18 Å². The summed E-state index contributed by atoms with van der Waals surface area (Å²) in [5.74, 6) is 0. The van der Waals surface area contributed by atoms with Crippen molar-refractivity contribution < 1.29 is 18.3 Å². The third-order valence-electron chi connectivity index (χ3n) is 6.19. The topological polar surface area (TPSA) is 36.4 Å². The van der Waals surface area contributed by atoms with Gasteiger partial charge in [-0.1, -0.05) is 30.3 Å². The van der Waals surface area contributed by atoms with Crippen LogP contribution in [-0.2, 0) is 24.7 Å². The van der Waals surface area contributed by atoms with Gasteiger partial charge in [-0.15, -0.1) is 0 Å². The number of pyridine rings is 1. The largest absolute Gasteiger partial charge is 0.416 e. The minimum absolute atomic E-state index is 0.316. The zero-order valence-electron chi connectivity index (χ0n) is 18.7. The SMILES string of the molecule is Cc1nc(-c2ccc(C(F)(F)F)cc2)ccc1CN1c2ccc(C(C)(C)O)cc2CC1C. The van der Waals surface area contributed by atoms with Crippen molar-refractivity contribution >= 4 is 5.69 Å². The number of hydrogen-bond donors (Lipinski definition) is 1. The van der Waals surface area contributed by atoms with Gasteiger partial charge < -0.3 is 10.0 Å². The zero-order valence-corrected chi connectivity index (χ0v) is 18.7. The molecule has 1 unspecified atom stereocenters. The first-order valence-corrected chi connectivity index (χ1v) is 10.7. The quantitative estimate of drug-likeness (QED) is 0.521. The Balaban J connectivity index is 1.56. The van der Waals surface area contributed by atoms with Gasteiger partial charge in [0.2, 0.25) is 0 Å². The normalized spacial score (nSPS) is 16.4. The number of rotatable bonds is 4. The molecule has 1 atom stereocenters. The van der Waals surface area contributed by atoms with Gasteiger partial charge in [0.1, 0.15) is 0 Å². The van der Waals surface area contributed by atoms with E-state index in [9.17, 15) is 18.3 Å². The third-order valence-corrected chi connectivity index (χ3v) is 6.19. The summed E-state index contributed by atoms with van der Waals surface area (Å²) in [7, 11) is 0. The van der Waals surface area contributed by atoms with Crippen LogP contribution in [0.1, 0.15) is 48.7 Å². The first-order chi connectivity index (χ1) is 14.9. The van der Waals surface area contributed by atoms with Crippen molar-refractivity contribution in [3.8, 4) is 11.3 Å². The van der Waals surface area contributed by atoms with E-state index in [-0.39, 0.29) is 0 Å². The van der Waals surface area contributed by atoms with Crippen LogP contribution in [0.5, 0.6) is 0 Å². The van der Waals surface area contributed by atoms with Crippen molar-refractivity contribution in [3.63, 3.8) is 0 Å². The Bertz CT molecular complexity index is 1130. The number of fused-ring (bicyclic) bond motifs is 1. The van der Waals surface area contributed by atoms with Crippen LogP contribution >= 0.6 is 0 Å². The van der Waals surface area contributed by atoms with Gasteiger partial charge in [-0.25, -0.2) is 0 Å². The summed E-state index contributed by atoms with van der Waals surface area (Å²) >= 11 is 0. The molecule has 168 valence electrons. The molecular formula is C26H27F3N2O. The lowest BCUT2D eigenvalue weighted by Gasteiger charge is -2.26. The molecule has 0 saturated heterocycles. The number of aromatic nitrogens is 1. The lowest BCUT2D eigenvalue weighted by molar-refractivity contribution is -0.137. The van der Waals surface area contributed by atoms with Crippen LogP contribution in [0.25, 0.3) is 11.3 Å². The van der Waals surface area contributed by atoms with Gasteiger partial charge in [0.15, 0.2) is 0 Å². The van der Waals surface area contributed by atoms with Crippen LogP contribution < -0.4 is 4.90 Å². The maximum Gasteiger partial charge on any atom is 0.416 e. The van der Waals surface area contributed by atoms with E-state index in [2.05, 4.69) is 28.9 Å². The molecule has 0 aliphatic carbocycles. The molecule has 6 heteroatoms. The van der Waals surface area contributed by atoms with Crippen molar-refractivity contribution in [1.82, 2.24) is 4.98 Å². The Morgan fingerprint density at radius 1 is 1.00 bits per heavy atom. The second-order valence-electron chi connectivity index (χ2n) is 9.10. The van der Waals surface area contributed by atoms with Crippen molar-refractivity contribution in [2.45, 2.75) is 58.5 Å². The summed E-state index contributed by atoms with van der Waals surface area (Å²) in [6.07, 6.45) is -3.43. The molecule has 0 amide bonds. The van der Waals surface area contributed by atoms with E-state index >= 15 is 0 Å². The van der Waals surface area contributed by atoms with E-state index in [0.717, 1.165) is 41.1 Å². The van der Waals surface area contributed by atoms with E-state index in [1.807, 2.05) is 25.1 Å². The number of benzene rings is 2. The summed E-state index contributed by atoms with van der Waals surface area (Å²) in [6.45, 7) is 8.39. The first kappa shape index (κ1) is 22.3. The number of hydrogen-bond acceptors (Lipinski definition) is 3. The minimum atomic E-state index is -4.35. The van der Waals surface area contributed by atoms with Crippen molar-refractivity contribution in [2.75, 3.05) is 4.90 Å². The Kier molecular flexibility index (Phi) is 5.53. The molecule has 0 fully saturated rings. The molecule has 4 rings (SSSR count). The van der Waals surface area contributed by atoms with Crippen LogP contribution in [0.4, 0.5) is 18.9 Å². The molecule has 0 radical (unpaired) electrons. The van der Waals surface area contributed by atoms with E-state index in [0.29, 0.717) is 23.8 Å². The maximum atomic E-state index is 12.8. The highest BCUT2D eigenvalue weighted by Gasteiger charge is 2.30. The summed E-state index contributed by atoms with van der Waals surface area (Å²) in [5.41, 5.74) is 5.01. The zero-order chi connectivity index (χ0) is 23.3. The first-order valence-electron chi connectivity index (χ1n) is 10.7. The van der Waals surface area contributed by atoms with Gasteiger partial charge in [-0.05, 0) is 75.1 Å². The fourth-order valence-corrected chi connectivity index (χ4v) is 4.25. The summed E-state index contributed by atoms with van der Waals surface area (Å²) in [6, 6.07) is 15.4. The Morgan fingerprint density at radius 2 is 1.66 bits per heavy atom. The lowest BCUT2D eigenvalue weighted by Crippen LogP contribution is -2.29. The molecule has 2 heterocycles. The highest BCUT2D eigenvalue weighted by atomic mass is 19.4. The number of nitrogens with zero attached hydrogens (tertiary/aromatic N) is 2. The predicted molar refractivity (Wildman–Crippen MR) is 120 cm³/mol. The molecule has 1 aliphatic rings. The average molecular weight is 441 g/mol. The highest BCUT2D eigenvalue weighted by Crippen LogP contribution is 2.37. The maximum absolute atomic E-state index is 12.8. The van der Waals surface area contributed by atoms with Crippen molar-refractivity contribution in [1.29, 1.82) is 0 Å². The number of aryl methyl sites for hydroxylation is 1. The second-order valence-corrected chi connectivity index (χ2v) is 9.10. The lowest BCUT2D eigenvalue weighted by atomic mass is 9.95. The minimum Gasteiger partial charge on any atom is -0.386 e. The van der Waals surface area contributed by atoms with Gasteiger partial charge in [-0.2, -0.15) is 13.2 Å². The molecule has 0 spiro atoms. The standard InChI is InChI=1S/C26H27F3N2O/c1-16-13-20-14-22(25(3,4)32)10-12-24(20)31(16)15-19-7-11-23(30-17(19)2)18-5-8-21(9-6-18)26(27,28)29/h5-12,14,16,32H,13,15H2,1-4H3. The van der Waals surface area contributed by atoms with Crippen LogP contribution in [0.3, 0.4) is 0 Å². The summed E-state index contributed by atoms with van der Waals surface area (Å²) < 4.78 is 38.5. The van der Waals surface area contributed by atoms with Gasteiger partial charge in [-0.3, -0.25) is 4.98 Å². The second kappa shape index (κ2) is 7.93. The number of alkyl halides is 3. The van der Waals surface area contributed by atoms with Gasteiger partial charge in [0.05, 0.1) is 16.9 Å². The van der Waals surface area contributed by atoms with Gasteiger partial charge in [0.25, 0.3) is 0 Å². The predicted octanol–water partition coefficient (Wildman–Crippen LogP) is 6.25. The number of aliphatic hydroxyl groups is 1. The summed E-state index contributed by atoms with van der Waals surface area (Å²) in [5, 5.41) is 10.3. The molecule has 3 aromatic rings. The monoisotopic (exact) mass is 440 g/mol. The third kappa shape index (κ3) is 4.37. The van der Waals surface area contributed by atoms with Crippen LogP contribution in [-0.4, -0.2) is 16.1 Å². The molecule has 0 saturated carbocycles. The highest BCUT2D eigenvalue weighted by molar-refractivity contribution is 5.63. The van der Waals surface area contributed by atoms with E-state index in [1.165, 1.54) is 17.7 Å². The van der Waals surface area contributed by atoms with E-state index in [4.69, 9.17) is 0 Å². The molecular weight excluding hydrogens is 413 g/mol. The van der Waals surface area contributed by atoms with Crippen molar-refractivity contribution in [2.24, 2.45) is 0 Å². The fourth-order valence-electron chi connectivity index (χ4n) is 4.25. The van der Waals surface area contributed by atoms with Crippen LogP contribution in [0.2, 0.25) is 0 Å².